The highest BCUT2D eigenvalue weighted by atomic mass is 16.5. The molecule has 0 aliphatic carbocycles. The number of piperazine rings is 1. The van der Waals surface area contributed by atoms with Gasteiger partial charge in [-0.1, -0.05) is 6.07 Å². The van der Waals surface area contributed by atoms with Crippen molar-refractivity contribution in [3.8, 4) is 5.75 Å². The summed E-state index contributed by atoms with van der Waals surface area (Å²) in [4.78, 5) is 16.7. The van der Waals surface area contributed by atoms with E-state index in [1.54, 1.807) is 7.11 Å². The minimum atomic E-state index is 0.121. The van der Waals surface area contributed by atoms with Gasteiger partial charge in [-0.05, 0) is 45.9 Å². The lowest BCUT2D eigenvalue weighted by Gasteiger charge is -2.35. The van der Waals surface area contributed by atoms with E-state index in [0.29, 0.717) is 6.54 Å². The first-order chi connectivity index (χ1) is 12.4. The van der Waals surface area contributed by atoms with E-state index in [1.165, 1.54) is 5.69 Å². The van der Waals surface area contributed by atoms with E-state index in [2.05, 4.69) is 53.3 Å². The molecular formula is C20H34N4O2. The number of carbonyl (C=O) groups excluding carboxylic acids is 1. The fourth-order valence-corrected chi connectivity index (χ4v) is 3.01. The zero-order chi connectivity index (χ0) is 19.0. The van der Waals surface area contributed by atoms with Gasteiger partial charge in [-0.2, -0.15) is 0 Å². The van der Waals surface area contributed by atoms with Gasteiger partial charge in [-0.25, -0.2) is 0 Å². The standard InChI is InChI=1S/C20H34N4O2/c1-20(2,3)22-10-6-9-21-19(25)16-23-11-13-24(14-12-23)17-7-5-8-18(15-17)26-4/h5,7-8,15,22H,6,9-14,16H2,1-4H3,(H,21,25). The van der Waals surface area contributed by atoms with Crippen molar-refractivity contribution in [3.05, 3.63) is 24.3 Å². The third-order valence-corrected chi connectivity index (χ3v) is 4.49. The molecule has 6 nitrogen and oxygen atoms in total. The summed E-state index contributed by atoms with van der Waals surface area (Å²) in [6.45, 7) is 12.2. The van der Waals surface area contributed by atoms with Crippen molar-refractivity contribution >= 4 is 11.6 Å². The van der Waals surface area contributed by atoms with Crippen molar-refractivity contribution in [2.24, 2.45) is 0 Å². The van der Waals surface area contributed by atoms with E-state index in [0.717, 1.165) is 51.4 Å². The molecule has 0 atom stereocenters. The molecule has 1 aromatic carbocycles. The van der Waals surface area contributed by atoms with Crippen LogP contribution in [-0.4, -0.2) is 69.3 Å². The lowest BCUT2D eigenvalue weighted by Crippen LogP contribution is -2.49. The molecule has 1 aromatic rings. The van der Waals surface area contributed by atoms with Crippen LogP contribution in [0.3, 0.4) is 0 Å². The first-order valence-electron chi connectivity index (χ1n) is 9.50. The molecule has 1 aliphatic heterocycles. The van der Waals surface area contributed by atoms with Crippen LogP contribution in [0, 0.1) is 0 Å². The first kappa shape index (κ1) is 20.5. The van der Waals surface area contributed by atoms with Gasteiger partial charge in [0, 0.05) is 50.0 Å². The number of anilines is 1. The van der Waals surface area contributed by atoms with Crippen LogP contribution in [0.2, 0.25) is 0 Å². The third-order valence-electron chi connectivity index (χ3n) is 4.49. The van der Waals surface area contributed by atoms with Crippen molar-refractivity contribution in [1.29, 1.82) is 0 Å². The summed E-state index contributed by atoms with van der Waals surface area (Å²) in [5.74, 6) is 1.00. The van der Waals surface area contributed by atoms with Crippen molar-refractivity contribution < 1.29 is 9.53 Å². The highest BCUT2D eigenvalue weighted by Crippen LogP contribution is 2.21. The van der Waals surface area contributed by atoms with Gasteiger partial charge in [0.25, 0.3) is 0 Å². The van der Waals surface area contributed by atoms with Gasteiger partial charge in [0.1, 0.15) is 5.75 Å². The second-order valence-corrected chi connectivity index (χ2v) is 7.84. The monoisotopic (exact) mass is 362 g/mol. The lowest BCUT2D eigenvalue weighted by molar-refractivity contribution is -0.122. The van der Waals surface area contributed by atoms with Gasteiger partial charge < -0.3 is 20.3 Å². The summed E-state index contributed by atoms with van der Waals surface area (Å²) in [7, 11) is 1.69. The number of nitrogens with one attached hydrogen (secondary N) is 2. The molecule has 26 heavy (non-hydrogen) atoms. The Bertz CT molecular complexity index is 563. The summed E-state index contributed by atoms with van der Waals surface area (Å²) < 4.78 is 5.30. The minimum Gasteiger partial charge on any atom is -0.497 e. The molecule has 2 N–H and O–H groups in total. The molecule has 0 saturated carbocycles. The van der Waals surface area contributed by atoms with Gasteiger partial charge in [0.2, 0.25) is 5.91 Å². The summed E-state index contributed by atoms with van der Waals surface area (Å²) in [6, 6.07) is 8.15. The predicted molar refractivity (Wildman–Crippen MR) is 107 cm³/mol. The van der Waals surface area contributed by atoms with Crippen LogP contribution in [0.1, 0.15) is 27.2 Å². The average Bonchev–Trinajstić information content (AvgIpc) is 2.61. The fourth-order valence-electron chi connectivity index (χ4n) is 3.01. The van der Waals surface area contributed by atoms with Crippen LogP contribution in [-0.2, 0) is 4.79 Å². The fraction of sp³-hybridized carbons (Fsp3) is 0.650. The van der Waals surface area contributed by atoms with Gasteiger partial charge in [0.15, 0.2) is 0 Å². The Hall–Kier alpha value is -1.79. The molecule has 1 fully saturated rings. The number of rotatable bonds is 8. The zero-order valence-electron chi connectivity index (χ0n) is 16.7. The molecule has 2 rings (SSSR count). The van der Waals surface area contributed by atoms with Crippen LogP contribution in [0.15, 0.2) is 24.3 Å². The number of methoxy groups -OCH3 is 1. The van der Waals surface area contributed by atoms with Crippen LogP contribution in [0.25, 0.3) is 0 Å². The van der Waals surface area contributed by atoms with E-state index in [9.17, 15) is 4.79 Å². The maximum Gasteiger partial charge on any atom is 0.234 e. The maximum absolute atomic E-state index is 12.1. The number of carbonyl (C=O) groups is 1. The molecule has 0 bridgehead atoms. The van der Waals surface area contributed by atoms with Crippen LogP contribution in [0.5, 0.6) is 5.75 Å². The minimum absolute atomic E-state index is 0.121. The molecule has 6 heteroatoms. The van der Waals surface area contributed by atoms with Crippen LogP contribution < -0.4 is 20.3 Å². The normalized spacial score (nSPS) is 15.8. The SMILES string of the molecule is COc1cccc(N2CCN(CC(=O)NCCCNC(C)(C)C)CC2)c1. The molecule has 1 saturated heterocycles. The Kier molecular flexibility index (Phi) is 7.72. The predicted octanol–water partition coefficient (Wildman–Crippen LogP) is 1.71. The van der Waals surface area contributed by atoms with Crippen molar-refractivity contribution in [2.45, 2.75) is 32.7 Å². The highest BCUT2D eigenvalue weighted by molar-refractivity contribution is 5.78. The number of nitrogens with zero attached hydrogens (tertiary/aromatic N) is 2. The average molecular weight is 363 g/mol. The number of benzene rings is 1. The maximum atomic E-state index is 12.1. The molecule has 1 amide bonds. The second kappa shape index (κ2) is 9.78. The number of ether oxygens (including phenoxy) is 1. The first-order valence-corrected chi connectivity index (χ1v) is 9.50. The van der Waals surface area contributed by atoms with E-state index >= 15 is 0 Å². The van der Waals surface area contributed by atoms with Crippen LogP contribution in [0.4, 0.5) is 5.69 Å². The Labute approximate surface area is 157 Å². The molecule has 0 spiro atoms. The Morgan fingerprint density at radius 1 is 1.15 bits per heavy atom. The summed E-state index contributed by atoms with van der Waals surface area (Å²) >= 11 is 0. The summed E-state index contributed by atoms with van der Waals surface area (Å²) in [5, 5.41) is 6.45. The van der Waals surface area contributed by atoms with Crippen molar-refractivity contribution in [1.82, 2.24) is 15.5 Å². The van der Waals surface area contributed by atoms with E-state index in [4.69, 9.17) is 4.74 Å². The zero-order valence-corrected chi connectivity index (χ0v) is 16.7. The van der Waals surface area contributed by atoms with E-state index in [1.807, 2.05) is 12.1 Å². The van der Waals surface area contributed by atoms with Gasteiger partial charge in [-0.15, -0.1) is 0 Å². The van der Waals surface area contributed by atoms with Crippen molar-refractivity contribution in [2.75, 3.05) is 57.8 Å². The molecular weight excluding hydrogens is 328 g/mol. The molecule has 1 heterocycles. The Balaban J connectivity index is 1.64. The Morgan fingerprint density at radius 2 is 1.88 bits per heavy atom. The Morgan fingerprint density at radius 3 is 2.54 bits per heavy atom. The molecule has 0 aromatic heterocycles. The van der Waals surface area contributed by atoms with E-state index < -0.39 is 0 Å². The molecule has 1 aliphatic rings. The lowest BCUT2D eigenvalue weighted by atomic mass is 10.1. The third kappa shape index (κ3) is 7.22. The number of hydrogen-bond donors (Lipinski definition) is 2. The summed E-state index contributed by atoms with van der Waals surface area (Å²) in [5.41, 5.74) is 1.31. The molecule has 0 radical (unpaired) electrons. The van der Waals surface area contributed by atoms with Gasteiger partial charge >= 0.3 is 0 Å². The smallest absolute Gasteiger partial charge is 0.234 e. The molecule has 0 unspecified atom stereocenters. The van der Waals surface area contributed by atoms with Crippen LogP contribution >= 0.6 is 0 Å². The number of hydrogen-bond acceptors (Lipinski definition) is 5. The highest BCUT2D eigenvalue weighted by Gasteiger charge is 2.19. The largest absolute Gasteiger partial charge is 0.497 e. The second-order valence-electron chi connectivity index (χ2n) is 7.84. The quantitative estimate of drug-likeness (QED) is 0.690. The van der Waals surface area contributed by atoms with Crippen molar-refractivity contribution in [3.63, 3.8) is 0 Å². The van der Waals surface area contributed by atoms with Gasteiger partial charge in [-0.3, -0.25) is 9.69 Å². The topological polar surface area (TPSA) is 56.8 Å². The number of amides is 1. The van der Waals surface area contributed by atoms with Gasteiger partial charge in [0.05, 0.1) is 13.7 Å². The molecule has 146 valence electrons. The van der Waals surface area contributed by atoms with E-state index in [-0.39, 0.29) is 11.4 Å². The summed E-state index contributed by atoms with van der Waals surface area (Å²) in [6.07, 6.45) is 0.951.